The molecule has 0 radical (unpaired) electrons. The Morgan fingerprint density at radius 1 is 1.19 bits per heavy atom. The van der Waals surface area contributed by atoms with E-state index < -0.39 is 5.82 Å². The number of ether oxygens (including phenoxy) is 2. The highest BCUT2D eigenvalue weighted by atomic mass is 35.5. The molecular weight excluding hydrogens is 391 g/mol. The fourth-order valence-corrected chi connectivity index (χ4v) is 3.72. The Morgan fingerprint density at radius 3 is 2.67 bits per heavy atom. The van der Waals surface area contributed by atoms with Crippen molar-refractivity contribution in [1.29, 1.82) is 0 Å². The van der Waals surface area contributed by atoms with Crippen molar-refractivity contribution in [2.75, 3.05) is 14.2 Å². The highest BCUT2D eigenvalue weighted by molar-refractivity contribution is 7.98. The van der Waals surface area contributed by atoms with Crippen LogP contribution in [0.25, 0.3) is 5.69 Å². The van der Waals surface area contributed by atoms with Crippen molar-refractivity contribution in [2.45, 2.75) is 10.8 Å². The number of thioether (sulfide) groups is 1. The monoisotopic (exact) mass is 406 g/mol. The van der Waals surface area contributed by atoms with E-state index in [1.807, 2.05) is 0 Å². The van der Waals surface area contributed by atoms with E-state index in [-0.39, 0.29) is 16.3 Å². The summed E-state index contributed by atoms with van der Waals surface area (Å²) in [6.07, 6.45) is 3.08. The molecule has 8 heteroatoms. The Bertz CT molecular complexity index is 1010. The largest absolute Gasteiger partial charge is 0.493 e. The predicted octanol–water partition coefficient (Wildman–Crippen LogP) is 4.33. The lowest BCUT2D eigenvalue weighted by molar-refractivity contribution is 0.355. The molecule has 0 saturated heterocycles. The van der Waals surface area contributed by atoms with Crippen LogP contribution in [-0.2, 0) is 5.75 Å². The maximum atomic E-state index is 13.9. The van der Waals surface area contributed by atoms with Gasteiger partial charge in [-0.3, -0.25) is 9.36 Å². The quantitative estimate of drug-likeness (QED) is 0.570. The van der Waals surface area contributed by atoms with E-state index in [4.69, 9.17) is 21.1 Å². The third-order valence-electron chi connectivity index (χ3n) is 3.87. The van der Waals surface area contributed by atoms with Crippen molar-refractivity contribution in [3.8, 4) is 17.2 Å². The average Bonchev–Trinajstić information content (AvgIpc) is 2.68. The van der Waals surface area contributed by atoms with Crippen LogP contribution in [0.1, 0.15) is 5.56 Å². The Kier molecular flexibility index (Phi) is 6.03. The lowest BCUT2D eigenvalue weighted by atomic mass is 10.2. The number of methoxy groups -OCH3 is 2. The van der Waals surface area contributed by atoms with Gasteiger partial charge in [0.1, 0.15) is 5.82 Å². The molecule has 0 atom stereocenters. The van der Waals surface area contributed by atoms with E-state index >= 15 is 0 Å². The maximum absolute atomic E-state index is 13.9. The first-order valence-electron chi connectivity index (χ1n) is 7.91. The molecule has 0 unspecified atom stereocenters. The Balaban J connectivity index is 1.92. The zero-order chi connectivity index (χ0) is 19.4. The SMILES string of the molecule is COc1ccc(-n2ccnc(SCc3c(F)cccc3Cl)c2=O)cc1OC. The number of rotatable bonds is 6. The van der Waals surface area contributed by atoms with Gasteiger partial charge in [0, 0.05) is 34.8 Å². The summed E-state index contributed by atoms with van der Waals surface area (Å²) in [4.78, 5) is 16.9. The van der Waals surface area contributed by atoms with Crippen molar-refractivity contribution in [3.05, 3.63) is 75.5 Å². The summed E-state index contributed by atoms with van der Waals surface area (Å²) < 4.78 is 25.9. The topological polar surface area (TPSA) is 53.4 Å². The minimum Gasteiger partial charge on any atom is -0.493 e. The average molecular weight is 407 g/mol. The molecule has 27 heavy (non-hydrogen) atoms. The number of hydrogen-bond acceptors (Lipinski definition) is 5. The van der Waals surface area contributed by atoms with Crippen LogP contribution >= 0.6 is 23.4 Å². The van der Waals surface area contributed by atoms with Crippen LogP contribution in [0.4, 0.5) is 4.39 Å². The predicted molar refractivity (Wildman–Crippen MR) is 104 cm³/mol. The number of nitrogens with zero attached hydrogens (tertiary/aromatic N) is 2. The van der Waals surface area contributed by atoms with Crippen molar-refractivity contribution >= 4 is 23.4 Å². The molecule has 140 valence electrons. The van der Waals surface area contributed by atoms with Crippen LogP contribution in [0.15, 0.2) is 58.6 Å². The second-order valence-electron chi connectivity index (χ2n) is 5.44. The molecule has 0 bridgehead atoms. The second kappa shape index (κ2) is 8.45. The van der Waals surface area contributed by atoms with E-state index in [1.54, 1.807) is 37.6 Å². The van der Waals surface area contributed by atoms with Crippen molar-refractivity contribution in [2.24, 2.45) is 0 Å². The van der Waals surface area contributed by atoms with E-state index in [0.29, 0.717) is 27.8 Å². The van der Waals surface area contributed by atoms with Crippen LogP contribution in [0, 0.1) is 5.82 Å². The molecule has 3 aromatic rings. The van der Waals surface area contributed by atoms with Crippen molar-refractivity contribution in [1.82, 2.24) is 9.55 Å². The van der Waals surface area contributed by atoms with Crippen LogP contribution < -0.4 is 15.0 Å². The summed E-state index contributed by atoms with van der Waals surface area (Å²) in [5, 5.41) is 0.560. The summed E-state index contributed by atoms with van der Waals surface area (Å²) in [6.45, 7) is 0. The summed E-state index contributed by atoms with van der Waals surface area (Å²) in [5.41, 5.74) is 0.625. The normalized spacial score (nSPS) is 10.7. The maximum Gasteiger partial charge on any atom is 0.287 e. The number of aromatic nitrogens is 2. The van der Waals surface area contributed by atoms with E-state index in [1.165, 1.54) is 30.0 Å². The van der Waals surface area contributed by atoms with Gasteiger partial charge in [0.05, 0.1) is 19.9 Å². The van der Waals surface area contributed by atoms with Crippen LogP contribution in [-0.4, -0.2) is 23.8 Å². The molecule has 2 aromatic carbocycles. The van der Waals surface area contributed by atoms with Crippen molar-refractivity contribution < 1.29 is 13.9 Å². The smallest absolute Gasteiger partial charge is 0.287 e. The third kappa shape index (κ3) is 4.09. The fraction of sp³-hybridized carbons (Fsp3) is 0.158. The van der Waals surface area contributed by atoms with Gasteiger partial charge in [0.2, 0.25) is 0 Å². The number of halogens is 2. The van der Waals surface area contributed by atoms with Crippen LogP contribution in [0.5, 0.6) is 11.5 Å². The molecule has 1 aromatic heterocycles. The highest BCUT2D eigenvalue weighted by Gasteiger charge is 2.13. The lowest BCUT2D eigenvalue weighted by Crippen LogP contribution is -2.20. The summed E-state index contributed by atoms with van der Waals surface area (Å²) in [6, 6.07) is 9.64. The van der Waals surface area contributed by atoms with E-state index in [0.717, 1.165) is 11.8 Å². The lowest BCUT2D eigenvalue weighted by Gasteiger charge is -2.12. The summed E-state index contributed by atoms with van der Waals surface area (Å²) in [7, 11) is 3.06. The van der Waals surface area contributed by atoms with Gasteiger partial charge in [0.25, 0.3) is 5.56 Å². The minimum atomic E-state index is -0.411. The van der Waals surface area contributed by atoms with Gasteiger partial charge in [-0.2, -0.15) is 0 Å². The fourth-order valence-electron chi connectivity index (χ4n) is 2.48. The Morgan fingerprint density at radius 2 is 1.96 bits per heavy atom. The molecule has 0 spiro atoms. The van der Waals surface area contributed by atoms with Gasteiger partial charge in [-0.1, -0.05) is 29.4 Å². The van der Waals surface area contributed by atoms with Crippen LogP contribution in [0.2, 0.25) is 5.02 Å². The molecule has 5 nitrogen and oxygen atoms in total. The van der Waals surface area contributed by atoms with Crippen molar-refractivity contribution in [3.63, 3.8) is 0 Å². The number of benzene rings is 2. The third-order valence-corrected chi connectivity index (χ3v) is 5.21. The summed E-state index contributed by atoms with van der Waals surface area (Å²) in [5.74, 6) is 0.855. The van der Waals surface area contributed by atoms with Gasteiger partial charge in [-0.15, -0.1) is 0 Å². The minimum absolute atomic E-state index is 0.198. The molecule has 1 heterocycles. The molecule has 0 fully saturated rings. The van der Waals surface area contributed by atoms with Gasteiger partial charge in [-0.25, -0.2) is 9.37 Å². The Labute approximate surface area is 164 Å². The Hall–Kier alpha value is -2.51. The number of hydrogen-bond donors (Lipinski definition) is 0. The van der Waals surface area contributed by atoms with Crippen LogP contribution in [0.3, 0.4) is 0 Å². The molecular formula is C19H16ClFN2O3S. The first kappa shape index (κ1) is 19.3. The highest BCUT2D eigenvalue weighted by Crippen LogP contribution is 2.29. The summed E-state index contributed by atoms with van der Waals surface area (Å²) >= 11 is 7.17. The standard InChI is InChI=1S/C19H16ClFN2O3S/c1-25-16-7-6-12(10-17(16)26-2)23-9-8-22-18(19(23)24)27-11-13-14(20)4-3-5-15(13)21/h3-10H,11H2,1-2H3. The molecule has 0 aliphatic rings. The second-order valence-corrected chi connectivity index (χ2v) is 6.81. The molecule has 0 aliphatic heterocycles. The van der Waals surface area contributed by atoms with Gasteiger partial charge < -0.3 is 9.47 Å². The van der Waals surface area contributed by atoms with Gasteiger partial charge in [0.15, 0.2) is 16.5 Å². The molecule has 0 aliphatic carbocycles. The molecule has 3 rings (SSSR count). The van der Waals surface area contributed by atoms with E-state index in [9.17, 15) is 9.18 Å². The zero-order valence-corrected chi connectivity index (χ0v) is 16.2. The van der Waals surface area contributed by atoms with Gasteiger partial charge in [-0.05, 0) is 24.3 Å². The molecule has 0 N–H and O–H groups in total. The van der Waals surface area contributed by atoms with Gasteiger partial charge >= 0.3 is 0 Å². The van der Waals surface area contributed by atoms with E-state index in [2.05, 4.69) is 4.98 Å². The molecule has 0 amide bonds. The first-order chi connectivity index (χ1) is 13.0. The zero-order valence-electron chi connectivity index (χ0n) is 14.6. The molecule has 0 saturated carbocycles. The first-order valence-corrected chi connectivity index (χ1v) is 9.27.